The van der Waals surface area contributed by atoms with Crippen molar-refractivity contribution in [2.75, 3.05) is 0 Å². The van der Waals surface area contributed by atoms with Crippen molar-refractivity contribution in [1.29, 1.82) is 0 Å². The van der Waals surface area contributed by atoms with E-state index in [1.807, 2.05) is 119 Å². The Labute approximate surface area is 874 Å². The van der Waals surface area contributed by atoms with E-state index in [1.165, 1.54) is 164 Å². The molecule has 0 saturated carbocycles. The Morgan fingerprint density at radius 1 is 0.140 bits per heavy atom. The van der Waals surface area contributed by atoms with Crippen LogP contribution >= 0.6 is 34.0 Å². The zero-order chi connectivity index (χ0) is 98.8. The molecule has 12 heteroatoms. The second-order valence-electron chi connectivity index (χ2n) is 38.1. The van der Waals surface area contributed by atoms with E-state index in [0.29, 0.717) is 23.3 Å². The van der Waals surface area contributed by atoms with Gasteiger partial charge >= 0.3 is 0 Å². The lowest BCUT2D eigenvalue weighted by atomic mass is 9.96. The second kappa shape index (κ2) is 36.6. The quantitative estimate of drug-likeness (QED) is 0.114. The number of aromatic nitrogens is 9. The van der Waals surface area contributed by atoms with Crippen LogP contribution in [0.4, 0.5) is 0 Å². The summed E-state index contributed by atoms with van der Waals surface area (Å²) in [5.41, 5.74) is 27.4. The normalized spacial score (nSPS) is 11.7. The molecule has 150 heavy (non-hydrogen) atoms. The monoisotopic (exact) mass is 1960 g/mol. The Balaban J connectivity index is 0.000000106. The van der Waals surface area contributed by atoms with E-state index in [1.54, 1.807) is 0 Å². The van der Waals surface area contributed by atoms with Gasteiger partial charge in [0.05, 0.1) is 70.0 Å². The third-order valence-electron chi connectivity index (χ3n) is 29.4. The van der Waals surface area contributed by atoms with Crippen LogP contribution in [-0.2, 0) is 0 Å². The lowest BCUT2D eigenvalue weighted by molar-refractivity contribution is 1.07. The predicted molar refractivity (Wildman–Crippen MR) is 635 cm³/mol. The molecule has 0 radical (unpaired) electrons. The minimum Gasteiger partial charge on any atom is -0.308 e. The largest absolute Gasteiger partial charge is 0.308 e. The van der Waals surface area contributed by atoms with Crippen molar-refractivity contribution in [3.63, 3.8) is 0 Å². The number of hydrogen-bond donors (Lipinski definition) is 0. The van der Waals surface area contributed by atoms with Crippen molar-refractivity contribution in [2.24, 2.45) is 0 Å². The van der Waals surface area contributed by atoms with E-state index < -0.39 is 0 Å². The molecule has 700 valence electrons. The standard InChI is InChI=1S/C51H32N2S.C44H27N3S.C43H26N4S/c1-4-14-35(15-5-1)44-31-38(32-45(52-44)36-16-6-2-7-17-36)34-26-24-33(25-27-34)37-28-29-46-43(30-37)48-40-20-10-11-21-41(40)49-42-22-12-13-23-47(42)54-51(49)50(48)53(46)39-18-8-3-9-19-39;1-4-14-28(15-5-1)36-27-37(29-16-6-2-7-17-29)46-44(45-36)30-24-25-38-35(26-30)40-32-20-10-11-21-33(32)41-34-22-12-13-23-39(34)48-43(41)42(40)47(38)31-18-8-3-9-19-31;1-4-14-27(15-5-1)41-44-42(28-16-6-2-7-17-28)46-43(45-41)29-24-25-35-34(26-29)37-31-20-10-11-21-32(31)38-33-22-12-13-23-36(33)48-40(38)39(37)47(35)30-18-8-3-9-19-30/h1-32H;1-27H;1-26H. The van der Waals surface area contributed by atoms with E-state index >= 15 is 0 Å². The van der Waals surface area contributed by atoms with Gasteiger partial charge in [-0.2, -0.15) is 0 Å². The minimum absolute atomic E-state index is 0.650. The van der Waals surface area contributed by atoms with E-state index in [9.17, 15) is 0 Å². The Hall–Kier alpha value is -19.1. The summed E-state index contributed by atoms with van der Waals surface area (Å²) < 4.78 is 15.2. The number of para-hydroxylation sites is 3. The van der Waals surface area contributed by atoms with Gasteiger partial charge in [0.1, 0.15) is 0 Å². The predicted octanol–water partition coefficient (Wildman–Crippen LogP) is 38.0. The van der Waals surface area contributed by atoms with Crippen molar-refractivity contribution in [3.8, 4) is 130 Å². The van der Waals surface area contributed by atoms with Gasteiger partial charge in [-0.15, -0.1) is 34.0 Å². The fourth-order valence-corrected chi connectivity index (χ4v) is 26.4. The zero-order valence-electron chi connectivity index (χ0n) is 80.8. The highest BCUT2D eigenvalue weighted by Crippen LogP contribution is 2.54. The molecule has 0 atom stereocenters. The second-order valence-corrected chi connectivity index (χ2v) is 41.2. The Morgan fingerprint density at radius 3 is 0.680 bits per heavy atom. The van der Waals surface area contributed by atoms with Crippen molar-refractivity contribution < 1.29 is 0 Å². The zero-order valence-corrected chi connectivity index (χ0v) is 83.3. The maximum atomic E-state index is 5.18. The van der Waals surface area contributed by atoms with Gasteiger partial charge < -0.3 is 13.7 Å². The van der Waals surface area contributed by atoms with Crippen LogP contribution in [0, 0.1) is 0 Å². The third-order valence-corrected chi connectivity index (χ3v) is 32.9. The summed E-state index contributed by atoms with van der Waals surface area (Å²) in [4.78, 5) is 30.5. The number of nitrogens with zero attached hydrogens (tertiary/aromatic N) is 9. The highest BCUT2D eigenvalue weighted by Gasteiger charge is 2.29. The maximum absolute atomic E-state index is 5.18. The fraction of sp³-hybridized carbons (Fsp3) is 0. The van der Waals surface area contributed by atoms with Crippen molar-refractivity contribution in [1.82, 2.24) is 43.6 Å². The minimum atomic E-state index is 0.650. The molecule has 0 N–H and O–H groups in total. The first kappa shape index (κ1) is 87.5. The van der Waals surface area contributed by atoms with E-state index in [4.69, 9.17) is 29.9 Å². The van der Waals surface area contributed by atoms with Crippen molar-refractivity contribution in [2.45, 2.75) is 0 Å². The molecule has 0 fully saturated rings. The maximum Gasteiger partial charge on any atom is 0.164 e. The summed E-state index contributed by atoms with van der Waals surface area (Å²) in [5.74, 6) is 2.68. The Morgan fingerprint density at radius 2 is 0.367 bits per heavy atom. The number of benzene rings is 22. The number of thiophene rings is 3. The van der Waals surface area contributed by atoms with Gasteiger partial charge in [-0.25, -0.2) is 29.9 Å². The molecule has 0 aliphatic carbocycles. The molecule has 22 aromatic carbocycles. The first-order chi connectivity index (χ1) is 74.4. The van der Waals surface area contributed by atoms with Gasteiger partial charge in [-0.05, 0) is 176 Å². The van der Waals surface area contributed by atoms with Crippen LogP contribution < -0.4 is 0 Å². The summed E-state index contributed by atoms with van der Waals surface area (Å²) in [6.07, 6.45) is 0. The first-order valence-electron chi connectivity index (χ1n) is 50.6. The lowest BCUT2D eigenvalue weighted by Gasteiger charge is -2.11. The molecule has 0 aliphatic heterocycles. The van der Waals surface area contributed by atoms with Gasteiger partial charge in [0.2, 0.25) is 0 Å². The Bertz CT molecular complexity index is 10200. The number of rotatable bonds is 13. The highest BCUT2D eigenvalue weighted by atomic mass is 32.1. The number of fused-ring (bicyclic) bond motifs is 30. The smallest absolute Gasteiger partial charge is 0.164 e. The molecule has 0 unspecified atom stereocenters. The van der Waals surface area contributed by atoms with Crippen LogP contribution in [0.25, 0.3) is 288 Å². The molecule has 9 aromatic heterocycles. The average Bonchev–Trinajstić information content (AvgIpc) is 1.54. The van der Waals surface area contributed by atoms with Crippen LogP contribution in [0.5, 0.6) is 0 Å². The average molecular weight is 1970 g/mol. The van der Waals surface area contributed by atoms with Crippen LogP contribution in [0.1, 0.15) is 0 Å². The molecule has 0 bridgehead atoms. The molecule has 0 spiro atoms. The molecule has 31 rings (SSSR count). The topological polar surface area (TPSA) is 92.1 Å². The van der Waals surface area contributed by atoms with Crippen molar-refractivity contribution in [3.05, 3.63) is 516 Å². The molecule has 0 saturated heterocycles. The summed E-state index contributed by atoms with van der Waals surface area (Å²) in [5, 5.41) is 23.0. The Kier molecular flexibility index (Phi) is 21.3. The van der Waals surface area contributed by atoms with Gasteiger partial charge in [-0.3, -0.25) is 0 Å². The summed E-state index contributed by atoms with van der Waals surface area (Å²) in [7, 11) is 0. The summed E-state index contributed by atoms with van der Waals surface area (Å²) in [6.45, 7) is 0. The molecule has 0 aliphatic rings. The van der Waals surface area contributed by atoms with Crippen LogP contribution in [0.3, 0.4) is 0 Å². The SMILES string of the molecule is c1ccc(-c2cc(-c3ccc(-c4ccc5c(c4)c4c6ccccc6c6c7ccccc7sc6c4n5-c4ccccc4)cc3)cc(-c3ccccc3)n2)cc1.c1ccc(-c2cc(-c3ccccc3)nc(-c3ccc4c(c3)c3c5ccccc5c5c6ccccc6sc5c3n4-c3ccccc3)n2)cc1.c1ccc(-c2nc(-c3ccccc3)nc(-c3ccc4c(c3)c3c5ccccc5c5c6ccccc6sc5c3n4-c3ccccc3)n2)cc1. The molecule has 9 heterocycles. The molecule has 31 aromatic rings. The summed E-state index contributed by atoms with van der Waals surface area (Å²) in [6, 6.07) is 183. The molecule has 0 amide bonds. The number of pyridine rings is 1. The first-order valence-corrected chi connectivity index (χ1v) is 53.0. The van der Waals surface area contributed by atoms with Crippen LogP contribution in [0.2, 0.25) is 0 Å². The van der Waals surface area contributed by atoms with Gasteiger partial charge in [0.15, 0.2) is 23.3 Å². The number of hydrogen-bond acceptors (Lipinski definition) is 9. The lowest BCUT2D eigenvalue weighted by Crippen LogP contribution is -2.00. The van der Waals surface area contributed by atoms with E-state index in [-0.39, 0.29) is 0 Å². The van der Waals surface area contributed by atoms with Crippen molar-refractivity contribution >= 4 is 192 Å². The van der Waals surface area contributed by atoms with Crippen LogP contribution in [0.15, 0.2) is 516 Å². The van der Waals surface area contributed by atoms with Gasteiger partial charge in [-0.1, -0.05) is 394 Å². The molecule has 9 nitrogen and oxygen atoms in total. The summed E-state index contributed by atoms with van der Waals surface area (Å²) >= 11 is 5.66. The molecular weight excluding hydrogens is 1880 g/mol. The highest BCUT2D eigenvalue weighted by molar-refractivity contribution is 7.28. The van der Waals surface area contributed by atoms with E-state index in [2.05, 4.69) is 444 Å². The third kappa shape index (κ3) is 14.9. The van der Waals surface area contributed by atoms with Crippen LogP contribution in [-0.4, -0.2) is 43.6 Å². The van der Waals surface area contributed by atoms with E-state index in [0.717, 1.165) is 101 Å². The van der Waals surface area contributed by atoms with Gasteiger partial charge in [0, 0.05) is 140 Å². The molecular formula is C138H85N9S3. The fourth-order valence-electron chi connectivity index (χ4n) is 22.6. The van der Waals surface area contributed by atoms with Gasteiger partial charge in [0.25, 0.3) is 0 Å².